The molecule has 1 rings (SSSR count). The van der Waals surface area contributed by atoms with Gasteiger partial charge in [0.05, 0.1) is 6.42 Å². The summed E-state index contributed by atoms with van der Waals surface area (Å²) >= 11 is 0. The summed E-state index contributed by atoms with van der Waals surface area (Å²) in [7, 11) is 0. The van der Waals surface area contributed by atoms with Crippen molar-refractivity contribution in [2.24, 2.45) is 11.5 Å². The third-order valence-corrected chi connectivity index (χ3v) is 2.20. The maximum atomic E-state index is 11.2. The van der Waals surface area contributed by atoms with Gasteiger partial charge in [0.2, 0.25) is 5.91 Å². The van der Waals surface area contributed by atoms with Gasteiger partial charge in [0.15, 0.2) is 0 Å². The van der Waals surface area contributed by atoms with Crippen LogP contribution in [-0.2, 0) is 16.0 Å². The second-order valence-electron chi connectivity index (χ2n) is 3.63. The SMILES string of the molecule is NC(=O)[C@@](N)(CC(=O)O)Cc1cccnc1. The van der Waals surface area contributed by atoms with Crippen LogP contribution in [0.3, 0.4) is 0 Å². The second kappa shape index (κ2) is 4.71. The lowest BCUT2D eigenvalue weighted by Gasteiger charge is -2.23. The number of primary amides is 1. The van der Waals surface area contributed by atoms with Crippen molar-refractivity contribution < 1.29 is 14.7 Å². The smallest absolute Gasteiger partial charge is 0.305 e. The zero-order valence-corrected chi connectivity index (χ0v) is 8.59. The molecule has 6 heteroatoms. The highest BCUT2D eigenvalue weighted by Gasteiger charge is 2.34. The van der Waals surface area contributed by atoms with Crippen molar-refractivity contribution in [1.29, 1.82) is 0 Å². The van der Waals surface area contributed by atoms with Crippen LogP contribution in [0, 0.1) is 0 Å². The van der Waals surface area contributed by atoms with Gasteiger partial charge in [0.25, 0.3) is 0 Å². The molecule has 0 saturated carbocycles. The van der Waals surface area contributed by atoms with Gasteiger partial charge in [-0.05, 0) is 11.6 Å². The van der Waals surface area contributed by atoms with Crippen molar-refractivity contribution in [3.8, 4) is 0 Å². The molecule has 0 unspecified atom stereocenters. The van der Waals surface area contributed by atoms with Crippen LogP contribution in [0.4, 0.5) is 0 Å². The van der Waals surface area contributed by atoms with E-state index < -0.39 is 23.8 Å². The van der Waals surface area contributed by atoms with Gasteiger partial charge in [-0.15, -0.1) is 0 Å². The average molecular weight is 223 g/mol. The summed E-state index contributed by atoms with van der Waals surface area (Å²) in [4.78, 5) is 25.6. The molecule has 1 aromatic rings. The Kier molecular flexibility index (Phi) is 3.57. The normalized spacial score (nSPS) is 14.1. The second-order valence-corrected chi connectivity index (χ2v) is 3.63. The first-order valence-corrected chi connectivity index (χ1v) is 4.63. The van der Waals surface area contributed by atoms with Crippen molar-refractivity contribution in [1.82, 2.24) is 4.98 Å². The molecule has 16 heavy (non-hydrogen) atoms. The van der Waals surface area contributed by atoms with Gasteiger partial charge in [-0.2, -0.15) is 0 Å². The van der Waals surface area contributed by atoms with Gasteiger partial charge in [0.1, 0.15) is 5.54 Å². The molecule has 86 valence electrons. The molecular weight excluding hydrogens is 210 g/mol. The molecule has 0 aliphatic heterocycles. The van der Waals surface area contributed by atoms with Gasteiger partial charge in [-0.25, -0.2) is 0 Å². The van der Waals surface area contributed by atoms with E-state index in [1.807, 2.05) is 0 Å². The van der Waals surface area contributed by atoms with Gasteiger partial charge < -0.3 is 16.6 Å². The van der Waals surface area contributed by atoms with Crippen molar-refractivity contribution in [2.45, 2.75) is 18.4 Å². The zero-order valence-electron chi connectivity index (χ0n) is 8.59. The Morgan fingerprint density at radius 2 is 2.19 bits per heavy atom. The number of pyridine rings is 1. The molecule has 0 aliphatic rings. The van der Waals surface area contributed by atoms with Gasteiger partial charge in [-0.1, -0.05) is 6.07 Å². The summed E-state index contributed by atoms with van der Waals surface area (Å²) in [5.74, 6) is -2.00. The van der Waals surface area contributed by atoms with Crippen LogP contribution in [-0.4, -0.2) is 27.5 Å². The number of aliphatic carboxylic acids is 1. The first kappa shape index (κ1) is 12.1. The van der Waals surface area contributed by atoms with Crippen molar-refractivity contribution >= 4 is 11.9 Å². The largest absolute Gasteiger partial charge is 0.481 e. The quantitative estimate of drug-likeness (QED) is 0.608. The van der Waals surface area contributed by atoms with Crippen molar-refractivity contribution in [2.75, 3.05) is 0 Å². The van der Waals surface area contributed by atoms with E-state index in [4.69, 9.17) is 16.6 Å². The summed E-state index contributed by atoms with van der Waals surface area (Å²) < 4.78 is 0. The number of nitrogens with zero attached hydrogens (tertiary/aromatic N) is 1. The first-order valence-electron chi connectivity index (χ1n) is 4.63. The third kappa shape index (κ3) is 3.03. The number of aromatic nitrogens is 1. The Balaban J connectivity index is 2.87. The van der Waals surface area contributed by atoms with E-state index in [1.54, 1.807) is 18.3 Å². The fourth-order valence-electron chi connectivity index (χ4n) is 1.37. The van der Waals surface area contributed by atoms with Crippen LogP contribution in [0.1, 0.15) is 12.0 Å². The van der Waals surface area contributed by atoms with E-state index >= 15 is 0 Å². The molecule has 0 radical (unpaired) electrons. The summed E-state index contributed by atoms with van der Waals surface area (Å²) in [5, 5.41) is 8.67. The highest BCUT2D eigenvalue weighted by molar-refractivity contribution is 5.89. The Labute approximate surface area is 92.3 Å². The van der Waals surface area contributed by atoms with E-state index in [0.717, 1.165) is 0 Å². The van der Waals surface area contributed by atoms with E-state index in [9.17, 15) is 9.59 Å². The molecule has 5 N–H and O–H groups in total. The van der Waals surface area contributed by atoms with Crippen molar-refractivity contribution in [3.05, 3.63) is 30.1 Å². The van der Waals surface area contributed by atoms with E-state index in [2.05, 4.69) is 4.98 Å². The maximum absolute atomic E-state index is 11.2. The molecule has 1 amide bonds. The molecule has 0 aliphatic carbocycles. The van der Waals surface area contributed by atoms with Crippen LogP contribution in [0.5, 0.6) is 0 Å². The predicted molar refractivity (Wildman–Crippen MR) is 56.3 cm³/mol. The van der Waals surface area contributed by atoms with Crippen LogP contribution in [0.25, 0.3) is 0 Å². The van der Waals surface area contributed by atoms with Gasteiger partial charge in [-0.3, -0.25) is 14.6 Å². The standard InChI is InChI=1S/C10H13N3O3/c11-9(16)10(12,5-8(14)15)4-7-2-1-3-13-6-7/h1-3,6H,4-5,12H2,(H2,11,16)(H,14,15)/t10-/m0/s1. The molecule has 6 nitrogen and oxygen atoms in total. The van der Waals surface area contributed by atoms with Crippen molar-refractivity contribution in [3.63, 3.8) is 0 Å². The van der Waals surface area contributed by atoms with Crippen LogP contribution >= 0.6 is 0 Å². The topological polar surface area (TPSA) is 119 Å². The number of carboxylic acid groups (broad SMARTS) is 1. The van der Waals surface area contributed by atoms with Crippen LogP contribution in [0.2, 0.25) is 0 Å². The van der Waals surface area contributed by atoms with Gasteiger partial charge in [0, 0.05) is 18.8 Å². The minimum Gasteiger partial charge on any atom is -0.481 e. The number of rotatable bonds is 5. The third-order valence-electron chi connectivity index (χ3n) is 2.20. The zero-order chi connectivity index (χ0) is 12.2. The number of hydrogen-bond acceptors (Lipinski definition) is 4. The lowest BCUT2D eigenvalue weighted by atomic mass is 9.88. The minimum atomic E-state index is -1.57. The number of carboxylic acids is 1. The molecular formula is C10H13N3O3. The molecule has 0 saturated heterocycles. The molecule has 1 heterocycles. The predicted octanol–water partition coefficient (Wildman–Crippen LogP) is -0.718. The molecule has 1 atom stereocenters. The number of amides is 1. The summed E-state index contributed by atoms with van der Waals surface area (Å²) in [6, 6.07) is 3.39. The Morgan fingerprint density at radius 3 is 2.62 bits per heavy atom. The fourth-order valence-corrected chi connectivity index (χ4v) is 1.37. The number of carbonyl (C=O) groups excluding carboxylic acids is 1. The number of hydrogen-bond donors (Lipinski definition) is 3. The molecule has 0 fully saturated rings. The van der Waals surface area contributed by atoms with E-state index in [1.165, 1.54) is 6.20 Å². The van der Waals surface area contributed by atoms with Gasteiger partial charge >= 0.3 is 5.97 Å². The highest BCUT2D eigenvalue weighted by Crippen LogP contribution is 2.14. The lowest BCUT2D eigenvalue weighted by molar-refractivity contribution is -0.141. The Bertz CT molecular complexity index is 394. The van der Waals surface area contributed by atoms with Crippen LogP contribution in [0.15, 0.2) is 24.5 Å². The number of carbonyl (C=O) groups is 2. The minimum absolute atomic E-state index is 0.0580. The Hall–Kier alpha value is -1.95. The Morgan fingerprint density at radius 1 is 1.50 bits per heavy atom. The van der Waals surface area contributed by atoms with Crippen LogP contribution < -0.4 is 11.5 Å². The van der Waals surface area contributed by atoms with E-state index in [0.29, 0.717) is 5.56 Å². The maximum Gasteiger partial charge on any atom is 0.305 e. The fraction of sp³-hybridized carbons (Fsp3) is 0.300. The highest BCUT2D eigenvalue weighted by atomic mass is 16.4. The molecule has 0 bridgehead atoms. The molecule has 0 spiro atoms. The average Bonchev–Trinajstić information content (AvgIpc) is 2.17. The summed E-state index contributed by atoms with van der Waals surface area (Å²) in [6.07, 6.45) is 2.65. The lowest BCUT2D eigenvalue weighted by Crippen LogP contribution is -2.55. The summed E-state index contributed by atoms with van der Waals surface area (Å²) in [5.41, 5.74) is 9.91. The molecule has 1 aromatic heterocycles. The number of nitrogens with two attached hydrogens (primary N) is 2. The molecule has 0 aromatic carbocycles. The summed E-state index contributed by atoms with van der Waals surface area (Å²) in [6.45, 7) is 0. The monoisotopic (exact) mass is 223 g/mol. The first-order chi connectivity index (χ1) is 7.44. The van der Waals surface area contributed by atoms with E-state index in [-0.39, 0.29) is 6.42 Å².